The molecule has 0 saturated carbocycles. The minimum absolute atomic E-state index is 0.454. The molecule has 2 rings (SSSR count). The highest BCUT2D eigenvalue weighted by Crippen LogP contribution is 2.21. The predicted molar refractivity (Wildman–Crippen MR) is 66.3 cm³/mol. The molecule has 5 heteroatoms. The third-order valence-corrected chi connectivity index (χ3v) is 2.65. The first-order valence-corrected chi connectivity index (χ1v) is 5.48. The van der Waals surface area contributed by atoms with E-state index in [-0.39, 0.29) is 0 Å². The molecule has 0 bridgehead atoms. The molecule has 0 amide bonds. The Bertz CT molecular complexity index is 522. The average molecular weight is 251 g/mol. The standard InChI is InChI=1S/C11H10ClN3S/c1-2-6-15-10(13-14-11(15)16)8-4-3-5-9(12)7-8/h2-5,7H,1,6H2,(H,14,16)/p-1. The summed E-state index contributed by atoms with van der Waals surface area (Å²) in [6, 6.07) is 7.44. The van der Waals surface area contributed by atoms with Gasteiger partial charge in [0.1, 0.15) is 0 Å². The Hall–Kier alpha value is -1.39. The lowest BCUT2D eigenvalue weighted by Gasteiger charge is -2.10. The van der Waals surface area contributed by atoms with Crippen LogP contribution in [0.4, 0.5) is 0 Å². The highest BCUT2D eigenvalue weighted by atomic mass is 35.5. The number of hydrogen-bond acceptors (Lipinski definition) is 3. The highest BCUT2D eigenvalue weighted by molar-refractivity contribution is 7.58. The van der Waals surface area contributed by atoms with Crippen molar-refractivity contribution in [3.63, 3.8) is 0 Å². The largest absolute Gasteiger partial charge is 0.740 e. The number of benzene rings is 1. The van der Waals surface area contributed by atoms with Crippen LogP contribution >= 0.6 is 11.6 Å². The summed E-state index contributed by atoms with van der Waals surface area (Å²) in [7, 11) is 0. The molecule has 1 heterocycles. The summed E-state index contributed by atoms with van der Waals surface area (Å²) in [6.07, 6.45) is 1.76. The zero-order valence-corrected chi connectivity index (χ0v) is 10.0. The highest BCUT2D eigenvalue weighted by Gasteiger charge is 2.07. The molecule has 0 aliphatic heterocycles. The Balaban J connectivity index is 2.51. The van der Waals surface area contributed by atoms with Crippen LogP contribution < -0.4 is 0 Å². The van der Waals surface area contributed by atoms with Crippen molar-refractivity contribution in [2.24, 2.45) is 0 Å². The summed E-state index contributed by atoms with van der Waals surface area (Å²) < 4.78 is 1.81. The van der Waals surface area contributed by atoms with Crippen LogP contribution in [0.1, 0.15) is 0 Å². The first-order chi connectivity index (χ1) is 7.72. The lowest BCUT2D eigenvalue weighted by molar-refractivity contribution is 0.733. The topological polar surface area (TPSA) is 30.7 Å². The molecule has 82 valence electrons. The van der Waals surface area contributed by atoms with E-state index in [1.54, 1.807) is 6.08 Å². The Morgan fingerprint density at radius 3 is 2.94 bits per heavy atom. The Morgan fingerprint density at radius 1 is 1.44 bits per heavy atom. The van der Waals surface area contributed by atoms with Gasteiger partial charge < -0.3 is 17.2 Å². The number of allylic oxidation sites excluding steroid dienone is 1. The van der Waals surface area contributed by atoms with Gasteiger partial charge in [-0.1, -0.05) is 29.8 Å². The third-order valence-electron chi connectivity index (χ3n) is 2.11. The van der Waals surface area contributed by atoms with Crippen molar-refractivity contribution in [2.75, 3.05) is 0 Å². The van der Waals surface area contributed by atoms with Gasteiger partial charge in [-0.25, -0.2) is 0 Å². The minimum atomic E-state index is 0.454. The van der Waals surface area contributed by atoms with E-state index in [1.807, 2.05) is 28.8 Å². The fourth-order valence-corrected chi connectivity index (χ4v) is 1.82. The van der Waals surface area contributed by atoms with Gasteiger partial charge >= 0.3 is 0 Å². The maximum atomic E-state index is 5.93. The fraction of sp³-hybridized carbons (Fsp3) is 0.0909. The van der Waals surface area contributed by atoms with Crippen molar-refractivity contribution in [1.29, 1.82) is 0 Å². The molecule has 0 unspecified atom stereocenters. The summed E-state index contributed by atoms with van der Waals surface area (Å²) in [5, 5.41) is 9.04. The first-order valence-electron chi connectivity index (χ1n) is 4.69. The van der Waals surface area contributed by atoms with Gasteiger partial charge in [-0.3, -0.25) is 0 Å². The van der Waals surface area contributed by atoms with Crippen molar-refractivity contribution < 1.29 is 0 Å². The van der Waals surface area contributed by atoms with Crippen LogP contribution in [0.3, 0.4) is 0 Å². The Morgan fingerprint density at radius 2 is 2.25 bits per heavy atom. The summed E-state index contributed by atoms with van der Waals surface area (Å²) in [5.41, 5.74) is 0.901. The lowest BCUT2D eigenvalue weighted by atomic mass is 10.2. The van der Waals surface area contributed by atoms with Crippen LogP contribution in [0, 0.1) is 0 Å². The number of hydrogen-bond donors (Lipinski definition) is 0. The van der Waals surface area contributed by atoms with Crippen molar-refractivity contribution in [1.82, 2.24) is 14.8 Å². The van der Waals surface area contributed by atoms with E-state index in [0.717, 1.165) is 5.56 Å². The number of halogens is 1. The molecule has 0 spiro atoms. The fourth-order valence-electron chi connectivity index (χ4n) is 1.42. The molecule has 0 aliphatic rings. The van der Waals surface area contributed by atoms with Crippen LogP contribution in [0.25, 0.3) is 11.4 Å². The maximum Gasteiger partial charge on any atom is 0.162 e. The lowest BCUT2D eigenvalue weighted by Crippen LogP contribution is -2.00. The van der Waals surface area contributed by atoms with Gasteiger partial charge in [0, 0.05) is 22.3 Å². The van der Waals surface area contributed by atoms with E-state index in [1.165, 1.54) is 0 Å². The molecule has 3 nitrogen and oxygen atoms in total. The molecule has 16 heavy (non-hydrogen) atoms. The molecule has 0 fully saturated rings. The zero-order valence-electron chi connectivity index (χ0n) is 8.43. The van der Waals surface area contributed by atoms with Gasteiger partial charge in [-0.2, -0.15) is 5.10 Å². The van der Waals surface area contributed by atoms with Gasteiger partial charge in [0.2, 0.25) is 0 Å². The summed E-state index contributed by atoms with van der Waals surface area (Å²) >= 11 is 11.0. The molecular weight excluding hydrogens is 242 g/mol. The van der Waals surface area contributed by atoms with Crippen LogP contribution in [-0.4, -0.2) is 14.8 Å². The quantitative estimate of drug-likeness (QED) is 0.620. The van der Waals surface area contributed by atoms with E-state index in [2.05, 4.69) is 16.8 Å². The normalized spacial score (nSPS) is 10.3. The van der Waals surface area contributed by atoms with Gasteiger partial charge in [0.05, 0.1) is 0 Å². The Labute approximate surface area is 104 Å². The third kappa shape index (κ3) is 2.08. The maximum absolute atomic E-state index is 5.93. The second-order valence-corrected chi connectivity index (χ2v) is 4.02. The van der Waals surface area contributed by atoms with E-state index >= 15 is 0 Å². The van der Waals surface area contributed by atoms with E-state index in [9.17, 15) is 0 Å². The molecule has 0 N–H and O–H groups in total. The molecule has 1 aromatic carbocycles. The van der Waals surface area contributed by atoms with Gasteiger partial charge in [0.15, 0.2) is 5.82 Å². The number of rotatable bonds is 3. The van der Waals surface area contributed by atoms with E-state index in [4.69, 9.17) is 24.2 Å². The SMILES string of the molecule is C=CCn1c([S-])nnc1-c1cccc(Cl)c1. The van der Waals surface area contributed by atoms with Crippen molar-refractivity contribution in [3.05, 3.63) is 41.9 Å². The zero-order chi connectivity index (χ0) is 11.5. The van der Waals surface area contributed by atoms with Crippen LogP contribution in [0.2, 0.25) is 5.02 Å². The van der Waals surface area contributed by atoms with Gasteiger partial charge in [-0.15, -0.1) is 11.7 Å². The molecule has 0 saturated heterocycles. The summed E-state index contributed by atoms with van der Waals surface area (Å²) in [6.45, 7) is 4.27. The smallest absolute Gasteiger partial charge is 0.162 e. The molecule has 0 atom stereocenters. The Kier molecular flexibility index (Phi) is 3.22. The van der Waals surface area contributed by atoms with Crippen molar-refractivity contribution in [2.45, 2.75) is 11.7 Å². The van der Waals surface area contributed by atoms with Crippen LogP contribution in [0.5, 0.6) is 0 Å². The minimum Gasteiger partial charge on any atom is -0.740 e. The molecule has 0 aliphatic carbocycles. The number of aromatic nitrogens is 3. The molecular formula is C11H9ClN3S-. The van der Waals surface area contributed by atoms with Crippen LogP contribution in [-0.2, 0) is 19.2 Å². The van der Waals surface area contributed by atoms with Crippen molar-refractivity contribution >= 4 is 24.2 Å². The average Bonchev–Trinajstić information content (AvgIpc) is 2.61. The molecule has 0 radical (unpaired) electrons. The van der Waals surface area contributed by atoms with E-state index in [0.29, 0.717) is 22.5 Å². The predicted octanol–water partition coefficient (Wildman–Crippen LogP) is 2.69. The molecule has 2 aromatic rings. The van der Waals surface area contributed by atoms with Gasteiger partial charge in [0.25, 0.3) is 0 Å². The summed E-state index contributed by atoms with van der Waals surface area (Å²) in [5.74, 6) is 0.715. The summed E-state index contributed by atoms with van der Waals surface area (Å²) in [4.78, 5) is 0. The monoisotopic (exact) mass is 250 g/mol. The second-order valence-electron chi connectivity index (χ2n) is 3.22. The van der Waals surface area contributed by atoms with E-state index < -0.39 is 0 Å². The van der Waals surface area contributed by atoms with Crippen LogP contribution in [0.15, 0.2) is 42.1 Å². The first kappa shape index (κ1) is 11.1. The van der Waals surface area contributed by atoms with Crippen molar-refractivity contribution in [3.8, 4) is 11.4 Å². The van der Waals surface area contributed by atoms with Gasteiger partial charge in [-0.05, 0) is 12.1 Å². The number of nitrogens with zero attached hydrogens (tertiary/aromatic N) is 3. The second kappa shape index (κ2) is 4.63. The molecule has 1 aromatic heterocycles.